The van der Waals surface area contributed by atoms with Crippen LogP contribution in [-0.4, -0.2) is 45.3 Å². The van der Waals surface area contributed by atoms with E-state index in [9.17, 15) is 14.9 Å². The molecule has 0 spiro atoms. The first-order valence-electron chi connectivity index (χ1n) is 9.72. The van der Waals surface area contributed by atoms with Crippen molar-refractivity contribution in [3.8, 4) is 11.3 Å². The van der Waals surface area contributed by atoms with Crippen molar-refractivity contribution in [1.29, 1.82) is 0 Å². The van der Waals surface area contributed by atoms with Gasteiger partial charge in [-0.05, 0) is 49.7 Å². The molecule has 11 nitrogen and oxygen atoms in total. The maximum atomic E-state index is 11.9. The van der Waals surface area contributed by atoms with Crippen LogP contribution in [0.4, 0.5) is 17.3 Å². The Balaban J connectivity index is 1.61. The van der Waals surface area contributed by atoms with Gasteiger partial charge in [-0.1, -0.05) is 6.07 Å². The molecule has 1 unspecified atom stereocenters. The summed E-state index contributed by atoms with van der Waals surface area (Å²) in [5.41, 5.74) is 4.01. The number of aromatic nitrogens is 3. The van der Waals surface area contributed by atoms with Crippen molar-refractivity contribution >= 4 is 23.3 Å². The Morgan fingerprint density at radius 1 is 1.25 bits per heavy atom. The Morgan fingerprint density at radius 3 is 2.84 bits per heavy atom. The van der Waals surface area contributed by atoms with Gasteiger partial charge in [-0.3, -0.25) is 9.78 Å². The third kappa shape index (κ3) is 6.62. The van der Waals surface area contributed by atoms with E-state index in [0.29, 0.717) is 11.6 Å². The van der Waals surface area contributed by atoms with Gasteiger partial charge in [-0.15, -0.1) is 10.1 Å². The molecule has 32 heavy (non-hydrogen) atoms. The predicted molar refractivity (Wildman–Crippen MR) is 117 cm³/mol. The van der Waals surface area contributed by atoms with E-state index in [1.165, 1.54) is 6.92 Å². The quantitative estimate of drug-likeness (QED) is 0.275. The van der Waals surface area contributed by atoms with Crippen LogP contribution >= 0.6 is 0 Å². The molecule has 2 N–H and O–H groups in total. The number of ether oxygens (including phenoxy) is 1. The zero-order valence-electron chi connectivity index (χ0n) is 17.5. The summed E-state index contributed by atoms with van der Waals surface area (Å²) >= 11 is 0. The minimum Gasteiger partial charge on any atom is -0.459 e. The standard InChI is InChI=1S/C21H22N6O5/c1-14-5-6-17(24-12-20(28)32-15(2)13-31-27(29)30)10-19(14)26-21-23-9-7-18(25-21)16-4-3-8-22-11-16/h3-11,15,24H,12-13H2,1-2H3,(H,23,25,26). The molecule has 0 radical (unpaired) electrons. The topological polar surface area (TPSA) is 141 Å². The minimum absolute atomic E-state index is 0.113. The second-order valence-electron chi connectivity index (χ2n) is 6.84. The van der Waals surface area contributed by atoms with Gasteiger partial charge in [0, 0.05) is 35.5 Å². The second kappa shape index (κ2) is 10.7. The van der Waals surface area contributed by atoms with Gasteiger partial charge in [0.05, 0.1) is 5.69 Å². The van der Waals surface area contributed by atoms with Crippen molar-refractivity contribution in [1.82, 2.24) is 15.0 Å². The average Bonchev–Trinajstić information content (AvgIpc) is 2.79. The molecule has 0 saturated heterocycles. The zero-order chi connectivity index (χ0) is 22.9. The third-order valence-corrected chi connectivity index (χ3v) is 4.28. The summed E-state index contributed by atoms with van der Waals surface area (Å²) in [4.78, 5) is 39.2. The van der Waals surface area contributed by atoms with E-state index in [2.05, 4.69) is 30.4 Å². The number of aryl methyl sites for hydroxylation is 1. The lowest BCUT2D eigenvalue weighted by Crippen LogP contribution is -2.26. The first-order valence-corrected chi connectivity index (χ1v) is 9.72. The van der Waals surface area contributed by atoms with Crippen molar-refractivity contribution in [3.05, 3.63) is 70.7 Å². The first-order chi connectivity index (χ1) is 15.4. The summed E-state index contributed by atoms with van der Waals surface area (Å²) in [5.74, 6) is -0.141. The smallest absolute Gasteiger partial charge is 0.325 e. The molecule has 1 aromatic carbocycles. The van der Waals surface area contributed by atoms with Gasteiger partial charge in [0.2, 0.25) is 5.95 Å². The lowest BCUT2D eigenvalue weighted by molar-refractivity contribution is -0.759. The minimum atomic E-state index is -0.931. The molecule has 1 atom stereocenters. The summed E-state index contributed by atoms with van der Waals surface area (Å²) in [5, 5.41) is 15.4. The molecule has 3 rings (SSSR count). The number of hydrogen-bond donors (Lipinski definition) is 2. The summed E-state index contributed by atoms with van der Waals surface area (Å²) in [7, 11) is 0. The van der Waals surface area contributed by atoms with Crippen LogP contribution in [0.15, 0.2) is 55.0 Å². The summed E-state index contributed by atoms with van der Waals surface area (Å²) in [6.45, 7) is 3.00. The lowest BCUT2D eigenvalue weighted by Gasteiger charge is -2.14. The van der Waals surface area contributed by atoms with Crippen molar-refractivity contribution in [3.63, 3.8) is 0 Å². The Morgan fingerprint density at radius 2 is 2.09 bits per heavy atom. The fourth-order valence-electron chi connectivity index (χ4n) is 2.72. The molecule has 2 heterocycles. The van der Waals surface area contributed by atoms with E-state index in [0.717, 1.165) is 22.5 Å². The fraction of sp³-hybridized carbons (Fsp3) is 0.238. The monoisotopic (exact) mass is 438 g/mol. The van der Waals surface area contributed by atoms with Crippen LogP contribution in [-0.2, 0) is 14.4 Å². The molecular formula is C21H22N6O5. The number of carbonyl (C=O) groups is 1. The van der Waals surface area contributed by atoms with Gasteiger partial charge < -0.3 is 20.2 Å². The van der Waals surface area contributed by atoms with E-state index in [1.54, 1.807) is 24.7 Å². The maximum Gasteiger partial charge on any atom is 0.325 e. The highest BCUT2D eigenvalue weighted by molar-refractivity contribution is 5.76. The molecule has 11 heteroatoms. The van der Waals surface area contributed by atoms with Crippen molar-refractivity contribution in [2.24, 2.45) is 0 Å². The molecule has 0 bridgehead atoms. The van der Waals surface area contributed by atoms with E-state index in [4.69, 9.17) is 4.74 Å². The molecule has 0 aliphatic heterocycles. The van der Waals surface area contributed by atoms with E-state index < -0.39 is 17.2 Å². The van der Waals surface area contributed by atoms with Crippen LogP contribution in [0.1, 0.15) is 12.5 Å². The van der Waals surface area contributed by atoms with E-state index in [1.807, 2.05) is 37.3 Å². The number of esters is 1. The maximum absolute atomic E-state index is 11.9. The van der Waals surface area contributed by atoms with Crippen molar-refractivity contribution in [2.45, 2.75) is 20.0 Å². The first kappa shape index (κ1) is 22.4. The normalized spacial score (nSPS) is 11.3. The number of rotatable bonds is 10. The molecule has 0 aliphatic carbocycles. The third-order valence-electron chi connectivity index (χ3n) is 4.28. The van der Waals surface area contributed by atoms with Gasteiger partial charge in [0.25, 0.3) is 5.09 Å². The highest BCUT2D eigenvalue weighted by Gasteiger charge is 2.12. The second-order valence-corrected chi connectivity index (χ2v) is 6.84. The number of benzene rings is 1. The van der Waals surface area contributed by atoms with Crippen LogP contribution in [0.3, 0.4) is 0 Å². The Hall–Kier alpha value is -4.28. The SMILES string of the molecule is Cc1ccc(NCC(=O)OC(C)CO[N+](=O)[O-])cc1Nc1nccc(-c2cccnc2)n1. The highest BCUT2D eigenvalue weighted by atomic mass is 17.0. The highest BCUT2D eigenvalue weighted by Crippen LogP contribution is 2.24. The lowest BCUT2D eigenvalue weighted by atomic mass is 10.2. The number of anilines is 3. The Labute approximate surface area is 183 Å². The van der Waals surface area contributed by atoms with E-state index in [-0.39, 0.29) is 13.2 Å². The number of hydrogen-bond acceptors (Lipinski definition) is 10. The van der Waals surface area contributed by atoms with Crippen LogP contribution in [0, 0.1) is 17.0 Å². The number of pyridine rings is 1. The molecular weight excluding hydrogens is 416 g/mol. The van der Waals surface area contributed by atoms with Crippen LogP contribution in [0.5, 0.6) is 0 Å². The molecule has 3 aromatic rings. The summed E-state index contributed by atoms with van der Waals surface area (Å²) in [6.07, 6.45) is 4.34. The Bertz CT molecular complexity index is 1080. The Kier molecular flexibility index (Phi) is 7.46. The number of nitrogens with one attached hydrogen (secondary N) is 2. The van der Waals surface area contributed by atoms with Crippen molar-refractivity contribution < 1.29 is 19.5 Å². The molecule has 0 aliphatic rings. The van der Waals surface area contributed by atoms with E-state index >= 15 is 0 Å². The van der Waals surface area contributed by atoms with Gasteiger partial charge in [0.15, 0.2) is 0 Å². The molecule has 0 amide bonds. The van der Waals surface area contributed by atoms with Crippen LogP contribution < -0.4 is 10.6 Å². The van der Waals surface area contributed by atoms with Gasteiger partial charge in [-0.25, -0.2) is 9.97 Å². The van der Waals surface area contributed by atoms with Gasteiger partial charge in [0.1, 0.15) is 19.3 Å². The average molecular weight is 438 g/mol. The van der Waals surface area contributed by atoms with Gasteiger partial charge in [-0.2, -0.15) is 0 Å². The number of nitrogens with zero attached hydrogens (tertiary/aromatic N) is 4. The molecule has 0 fully saturated rings. The predicted octanol–water partition coefficient (Wildman–Crippen LogP) is 3.14. The van der Waals surface area contributed by atoms with Crippen LogP contribution in [0.2, 0.25) is 0 Å². The van der Waals surface area contributed by atoms with Crippen LogP contribution in [0.25, 0.3) is 11.3 Å². The molecule has 2 aromatic heterocycles. The zero-order valence-corrected chi connectivity index (χ0v) is 17.5. The largest absolute Gasteiger partial charge is 0.459 e. The van der Waals surface area contributed by atoms with Gasteiger partial charge >= 0.3 is 5.97 Å². The summed E-state index contributed by atoms with van der Waals surface area (Å²) < 4.78 is 5.06. The summed E-state index contributed by atoms with van der Waals surface area (Å²) in [6, 6.07) is 11.1. The molecule has 0 saturated carbocycles. The number of carbonyl (C=O) groups excluding carboxylic acids is 1. The fourth-order valence-corrected chi connectivity index (χ4v) is 2.72. The molecule has 166 valence electrons. The van der Waals surface area contributed by atoms with Crippen molar-refractivity contribution in [2.75, 3.05) is 23.8 Å².